The van der Waals surface area contributed by atoms with E-state index in [-0.39, 0.29) is 25.0 Å². The number of ether oxygens (including phenoxy) is 1. The van der Waals surface area contributed by atoms with Crippen molar-refractivity contribution < 1.29 is 31.1 Å². The highest BCUT2D eigenvalue weighted by molar-refractivity contribution is 7.92. The maximum atomic E-state index is 14.4. The van der Waals surface area contributed by atoms with Crippen LogP contribution in [0.15, 0.2) is 60.7 Å². The van der Waals surface area contributed by atoms with Crippen LogP contribution in [0, 0.1) is 17.5 Å². The Morgan fingerprint density at radius 1 is 0.977 bits per heavy atom. The number of hydrogen-bond acceptors (Lipinski definition) is 5. The van der Waals surface area contributed by atoms with Crippen LogP contribution in [0.4, 0.5) is 29.3 Å². The average Bonchev–Trinajstić information content (AvgIpc) is 2.92. The van der Waals surface area contributed by atoms with Gasteiger partial charge in [0.25, 0.3) is 0 Å². The predicted molar refractivity (Wildman–Crippen MR) is 164 cm³/mol. The van der Waals surface area contributed by atoms with Crippen LogP contribution in [0.25, 0.3) is 0 Å². The number of anilines is 2. The van der Waals surface area contributed by atoms with Crippen LogP contribution in [0.5, 0.6) is 11.5 Å². The fourth-order valence-corrected chi connectivity index (χ4v) is 5.34. The fraction of sp³-hybridized carbons (Fsp3) is 0.367. The summed E-state index contributed by atoms with van der Waals surface area (Å²) in [5, 5.41) is 2.91. The largest absolute Gasteiger partial charge is 0.457 e. The van der Waals surface area contributed by atoms with E-state index in [0.29, 0.717) is 55.1 Å². The number of hydrogen-bond donors (Lipinski definition) is 2. The summed E-state index contributed by atoms with van der Waals surface area (Å²) in [6, 6.07) is 14.7. The third-order valence-electron chi connectivity index (χ3n) is 6.87. The summed E-state index contributed by atoms with van der Waals surface area (Å²) < 4.78 is 73.3. The van der Waals surface area contributed by atoms with Crippen molar-refractivity contribution in [3.8, 4) is 11.5 Å². The molecule has 4 rings (SSSR count). The minimum absolute atomic E-state index is 0. The van der Waals surface area contributed by atoms with E-state index >= 15 is 0 Å². The normalized spacial score (nSPS) is 14.1. The number of urea groups is 1. The van der Waals surface area contributed by atoms with Gasteiger partial charge in [-0.25, -0.2) is 26.4 Å². The van der Waals surface area contributed by atoms with Gasteiger partial charge in [-0.15, -0.1) is 12.4 Å². The number of rotatable bonds is 11. The Kier molecular flexibility index (Phi) is 12.1. The first-order chi connectivity index (χ1) is 20.0. The molecular weight excluding hydrogens is 605 g/mol. The molecule has 0 atom stereocenters. The molecule has 13 heteroatoms. The van der Waals surface area contributed by atoms with Gasteiger partial charge in [-0.1, -0.05) is 25.5 Å². The summed E-state index contributed by atoms with van der Waals surface area (Å²) in [6.07, 6.45) is 3.70. The molecule has 43 heavy (non-hydrogen) atoms. The Balaban J connectivity index is 0.00000506. The second-order valence-electron chi connectivity index (χ2n) is 10.4. The van der Waals surface area contributed by atoms with Gasteiger partial charge < -0.3 is 10.1 Å². The van der Waals surface area contributed by atoms with Crippen molar-refractivity contribution in [1.82, 2.24) is 10.2 Å². The highest BCUT2D eigenvalue weighted by atomic mass is 35.5. The fourth-order valence-electron chi connectivity index (χ4n) is 4.77. The SMILES string of the molecule is CCCCN(C(=O)NC1CCN(Cc2ccc(Oc3ccc(NS(C)(=O)=O)cc3)cc2)CC1)c1c(F)cc(F)cc1F.Cl. The number of carbonyl (C=O) groups excluding carboxylic acids is 1. The molecule has 1 fully saturated rings. The van der Waals surface area contributed by atoms with Gasteiger partial charge in [0.15, 0.2) is 11.6 Å². The number of likely N-dealkylation sites (tertiary alicyclic amines) is 1. The first-order valence-corrected chi connectivity index (χ1v) is 15.7. The molecule has 234 valence electrons. The Labute approximate surface area is 256 Å². The second-order valence-corrected chi connectivity index (χ2v) is 12.1. The number of unbranched alkanes of at least 4 members (excludes halogenated alkanes) is 1. The lowest BCUT2D eigenvalue weighted by atomic mass is 10.0. The smallest absolute Gasteiger partial charge is 0.322 e. The number of benzene rings is 3. The Hall–Kier alpha value is -3.48. The van der Waals surface area contributed by atoms with Crippen LogP contribution in [-0.4, -0.2) is 51.3 Å². The van der Waals surface area contributed by atoms with Crippen molar-refractivity contribution in [1.29, 1.82) is 0 Å². The van der Waals surface area contributed by atoms with Crippen LogP contribution in [0.2, 0.25) is 0 Å². The molecule has 8 nitrogen and oxygen atoms in total. The Morgan fingerprint density at radius 2 is 1.53 bits per heavy atom. The number of carbonyl (C=O) groups is 1. The van der Waals surface area contributed by atoms with Gasteiger partial charge in [-0.2, -0.15) is 0 Å². The topological polar surface area (TPSA) is 91.0 Å². The molecule has 1 heterocycles. The molecule has 2 amide bonds. The zero-order chi connectivity index (χ0) is 30.3. The van der Waals surface area contributed by atoms with Gasteiger partial charge in [-0.05, 0) is 61.2 Å². The van der Waals surface area contributed by atoms with Gasteiger partial charge in [0.2, 0.25) is 10.0 Å². The van der Waals surface area contributed by atoms with Gasteiger partial charge >= 0.3 is 6.03 Å². The highest BCUT2D eigenvalue weighted by Gasteiger charge is 2.27. The summed E-state index contributed by atoms with van der Waals surface area (Å²) in [5.41, 5.74) is 1.01. The van der Waals surface area contributed by atoms with E-state index in [4.69, 9.17) is 4.74 Å². The monoisotopic (exact) mass is 640 g/mol. The van der Waals surface area contributed by atoms with E-state index in [1.54, 1.807) is 24.3 Å². The molecule has 1 aliphatic heterocycles. The Morgan fingerprint density at radius 3 is 2.07 bits per heavy atom. The lowest BCUT2D eigenvalue weighted by Crippen LogP contribution is -2.50. The van der Waals surface area contributed by atoms with Crippen molar-refractivity contribution in [2.24, 2.45) is 0 Å². The lowest BCUT2D eigenvalue weighted by molar-refractivity contribution is 0.188. The standard InChI is InChI=1S/C30H35F3N4O4S.ClH/c1-3-4-15-37(29-27(32)18-22(31)19-28(29)33)30(38)34-23-13-16-36(17-14-23)20-21-5-9-25(10-6-21)41-26-11-7-24(8-12-26)35-42(2,39)40;/h5-12,18-19,23,35H,3-4,13-17,20H2,1-2H3,(H,34,38);1H. The molecule has 0 aromatic heterocycles. The van der Waals surface area contributed by atoms with Crippen LogP contribution < -0.4 is 19.7 Å². The maximum Gasteiger partial charge on any atom is 0.322 e. The molecule has 0 radical (unpaired) electrons. The molecule has 3 aromatic rings. The summed E-state index contributed by atoms with van der Waals surface area (Å²) in [4.78, 5) is 16.3. The molecule has 3 aromatic carbocycles. The number of amides is 2. The summed E-state index contributed by atoms with van der Waals surface area (Å²) in [6.45, 7) is 4.19. The average molecular weight is 641 g/mol. The summed E-state index contributed by atoms with van der Waals surface area (Å²) >= 11 is 0. The summed E-state index contributed by atoms with van der Waals surface area (Å²) in [7, 11) is -3.35. The van der Waals surface area contributed by atoms with Crippen molar-refractivity contribution >= 4 is 39.8 Å². The molecule has 0 spiro atoms. The number of piperidine rings is 1. The number of halogens is 4. The first kappa shape index (κ1) is 34.0. The van der Waals surface area contributed by atoms with Crippen molar-refractivity contribution in [3.05, 3.63) is 83.7 Å². The molecule has 1 aliphatic rings. The molecule has 2 N–H and O–H groups in total. The minimum Gasteiger partial charge on any atom is -0.457 e. The van der Waals surface area contributed by atoms with Gasteiger partial charge in [0.1, 0.15) is 23.0 Å². The number of sulfonamides is 1. The third kappa shape index (κ3) is 10.0. The van der Waals surface area contributed by atoms with Gasteiger partial charge in [-0.3, -0.25) is 14.5 Å². The minimum atomic E-state index is -3.35. The van der Waals surface area contributed by atoms with E-state index in [0.717, 1.165) is 36.2 Å². The molecule has 1 saturated heterocycles. The maximum absolute atomic E-state index is 14.4. The zero-order valence-corrected chi connectivity index (χ0v) is 25.6. The molecule has 0 bridgehead atoms. The van der Waals surface area contributed by atoms with E-state index in [1.165, 1.54) is 0 Å². The predicted octanol–water partition coefficient (Wildman–Crippen LogP) is 6.67. The van der Waals surface area contributed by atoms with Crippen molar-refractivity contribution in [3.63, 3.8) is 0 Å². The van der Waals surface area contributed by atoms with E-state index in [2.05, 4.69) is 14.9 Å². The number of nitrogens with one attached hydrogen (secondary N) is 2. The zero-order valence-electron chi connectivity index (χ0n) is 24.0. The summed E-state index contributed by atoms with van der Waals surface area (Å²) in [5.74, 6) is -2.03. The molecule has 0 aliphatic carbocycles. The molecule has 0 unspecified atom stereocenters. The Bertz CT molecular complexity index is 1450. The quantitative estimate of drug-likeness (QED) is 0.244. The molecular formula is C30H36ClF3N4O4S. The first-order valence-electron chi connectivity index (χ1n) is 13.8. The lowest BCUT2D eigenvalue weighted by Gasteiger charge is -2.34. The van der Waals surface area contributed by atoms with Crippen molar-refractivity contribution in [2.45, 2.75) is 45.2 Å². The third-order valence-corrected chi connectivity index (χ3v) is 7.48. The van der Waals surface area contributed by atoms with Crippen LogP contribution in [0.1, 0.15) is 38.2 Å². The number of nitrogens with zero attached hydrogens (tertiary/aromatic N) is 2. The van der Waals surface area contributed by atoms with Gasteiger partial charge in [0, 0.05) is 50.0 Å². The van der Waals surface area contributed by atoms with Crippen LogP contribution in [-0.2, 0) is 16.6 Å². The van der Waals surface area contributed by atoms with E-state index in [9.17, 15) is 26.4 Å². The van der Waals surface area contributed by atoms with Crippen LogP contribution >= 0.6 is 12.4 Å². The highest BCUT2D eigenvalue weighted by Crippen LogP contribution is 2.27. The second kappa shape index (κ2) is 15.3. The van der Waals surface area contributed by atoms with E-state index in [1.807, 2.05) is 31.2 Å². The van der Waals surface area contributed by atoms with Crippen LogP contribution in [0.3, 0.4) is 0 Å². The van der Waals surface area contributed by atoms with Crippen molar-refractivity contribution in [2.75, 3.05) is 35.5 Å². The molecule has 0 saturated carbocycles. The van der Waals surface area contributed by atoms with Gasteiger partial charge in [0.05, 0.1) is 6.26 Å². The van der Waals surface area contributed by atoms with E-state index < -0.39 is 39.2 Å².